The highest BCUT2D eigenvalue weighted by Gasteiger charge is 2.19. The summed E-state index contributed by atoms with van der Waals surface area (Å²) in [6, 6.07) is 0. The molecule has 0 spiro atoms. The Bertz CT molecular complexity index is 1010. The Hall–Kier alpha value is -1.85. The molecule has 0 aliphatic rings. The molecule has 0 saturated heterocycles. The van der Waals surface area contributed by atoms with Crippen LogP contribution in [0, 0.1) is 0 Å². The molecule has 0 aromatic heterocycles. The third-order valence-corrected chi connectivity index (χ3v) is 13.3. The summed E-state index contributed by atoms with van der Waals surface area (Å²) in [5, 5.41) is 0. The quantitative estimate of drug-likeness (QED) is 0.0262. The molecule has 0 amide bonds. The van der Waals surface area contributed by atoms with Crippen molar-refractivity contribution in [3.8, 4) is 0 Å². The van der Waals surface area contributed by atoms with Crippen molar-refractivity contribution >= 4 is 17.9 Å². The summed E-state index contributed by atoms with van der Waals surface area (Å²) in [6.07, 6.45) is 62.0. The van der Waals surface area contributed by atoms with E-state index in [1.54, 1.807) is 0 Å². The zero-order valence-corrected chi connectivity index (χ0v) is 44.0. The van der Waals surface area contributed by atoms with Crippen molar-refractivity contribution < 1.29 is 28.6 Å². The number of unbranched alkanes of at least 4 members (excludes halogenated alkanes) is 41. The van der Waals surface area contributed by atoms with E-state index in [1.165, 1.54) is 225 Å². The first kappa shape index (κ1) is 63.1. The lowest BCUT2D eigenvalue weighted by molar-refractivity contribution is -0.167. The van der Waals surface area contributed by atoms with Gasteiger partial charge in [-0.2, -0.15) is 0 Å². The lowest BCUT2D eigenvalue weighted by atomic mass is 10.0. The van der Waals surface area contributed by atoms with Crippen LogP contribution in [0.15, 0.2) is 12.2 Å². The number of hydrogen-bond donors (Lipinski definition) is 0. The zero-order valence-electron chi connectivity index (χ0n) is 44.0. The molecule has 0 saturated carbocycles. The number of ether oxygens (including phenoxy) is 3. The molecule has 6 nitrogen and oxygen atoms in total. The van der Waals surface area contributed by atoms with Gasteiger partial charge in [-0.25, -0.2) is 0 Å². The van der Waals surface area contributed by atoms with E-state index in [-0.39, 0.29) is 31.1 Å². The molecule has 0 fully saturated rings. The maximum atomic E-state index is 12.8. The standard InChI is InChI=1S/C59H112O6/c1-4-7-10-13-16-19-22-25-28-31-34-37-40-43-46-49-52-58(61)64-55-56(54-63-57(60)51-48-45-42-39-36-33-30-27-24-21-18-15-12-9-6-3)65-59(62)53-50-47-44-41-38-35-32-29-26-23-20-17-14-11-8-5-2/h27,30,56H,4-26,28-29,31-55H2,1-3H3/b30-27-/t56-/m1/s1. The van der Waals surface area contributed by atoms with Gasteiger partial charge in [0, 0.05) is 19.3 Å². The second kappa shape index (κ2) is 54.8. The summed E-state index contributed by atoms with van der Waals surface area (Å²) in [5.41, 5.74) is 0. The van der Waals surface area contributed by atoms with Crippen LogP contribution in [0.5, 0.6) is 0 Å². The van der Waals surface area contributed by atoms with Gasteiger partial charge in [0.1, 0.15) is 13.2 Å². The smallest absolute Gasteiger partial charge is 0.306 e. The van der Waals surface area contributed by atoms with Crippen LogP contribution in [0.25, 0.3) is 0 Å². The molecule has 0 N–H and O–H groups in total. The Morgan fingerprint density at radius 3 is 0.769 bits per heavy atom. The number of carbonyl (C=O) groups is 3. The molecule has 0 bridgehead atoms. The highest BCUT2D eigenvalue weighted by Crippen LogP contribution is 2.17. The van der Waals surface area contributed by atoms with Crippen LogP contribution in [0.1, 0.15) is 329 Å². The molecule has 0 aliphatic heterocycles. The fraction of sp³-hybridized carbons (Fsp3) is 0.915. The lowest BCUT2D eigenvalue weighted by Gasteiger charge is -2.18. The van der Waals surface area contributed by atoms with E-state index in [4.69, 9.17) is 14.2 Å². The summed E-state index contributed by atoms with van der Waals surface area (Å²) >= 11 is 0. The van der Waals surface area contributed by atoms with Crippen molar-refractivity contribution in [3.05, 3.63) is 12.2 Å². The summed E-state index contributed by atoms with van der Waals surface area (Å²) in [7, 11) is 0. The molecule has 65 heavy (non-hydrogen) atoms. The van der Waals surface area contributed by atoms with Crippen LogP contribution < -0.4 is 0 Å². The molecule has 384 valence electrons. The highest BCUT2D eigenvalue weighted by atomic mass is 16.6. The molecule has 0 aliphatic carbocycles. The van der Waals surface area contributed by atoms with Crippen LogP contribution in [-0.2, 0) is 28.6 Å². The Balaban J connectivity index is 4.32. The van der Waals surface area contributed by atoms with Crippen molar-refractivity contribution in [1.29, 1.82) is 0 Å². The van der Waals surface area contributed by atoms with Crippen LogP contribution in [0.3, 0.4) is 0 Å². The molecular weight excluding hydrogens is 805 g/mol. The fourth-order valence-corrected chi connectivity index (χ4v) is 8.85. The lowest BCUT2D eigenvalue weighted by Crippen LogP contribution is -2.30. The van der Waals surface area contributed by atoms with Crippen LogP contribution in [0.4, 0.5) is 0 Å². The highest BCUT2D eigenvalue weighted by molar-refractivity contribution is 5.71. The van der Waals surface area contributed by atoms with Gasteiger partial charge in [0.2, 0.25) is 0 Å². The molecule has 0 rings (SSSR count). The molecule has 0 radical (unpaired) electrons. The SMILES string of the molecule is CCCCCCCC/C=C\CCCCCCCC(=O)OC[C@H](COC(=O)CCCCCCCCCCCCCCCCCC)OC(=O)CCCCCCCCCCCCCCCCCC. The average molecular weight is 918 g/mol. The number of carbonyl (C=O) groups excluding carboxylic acids is 3. The van der Waals surface area contributed by atoms with E-state index < -0.39 is 6.10 Å². The van der Waals surface area contributed by atoms with Gasteiger partial charge in [0.15, 0.2) is 6.10 Å². The monoisotopic (exact) mass is 917 g/mol. The largest absolute Gasteiger partial charge is 0.462 e. The minimum absolute atomic E-state index is 0.0664. The predicted octanol–water partition coefficient (Wildman–Crippen LogP) is 19.3. The number of allylic oxidation sites excluding steroid dienone is 2. The Labute approximate surface area is 405 Å². The first-order valence-corrected chi connectivity index (χ1v) is 29.2. The Kier molecular flexibility index (Phi) is 53.2. The normalized spacial score (nSPS) is 12.0. The minimum Gasteiger partial charge on any atom is -0.462 e. The number of hydrogen-bond acceptors (Lipinski definition) is 6. The molecular formula is C59H112O6. The fourth-order valence-electron chi connectivity index (χ4n) is 8.85. The van der Waals surface area contributed by atoms with Crippen molar-refractivity contribution in [3.63, 3.8) is 0 Å². The van der Waals surface area contributed by atoms with Gasteiger partial charge in [-0.05, 0) is 44.9 Å². The van der Waals surface area contributed by atoms with Gasteiger partial charge in [0.25, 0.3) is 0 Å². The Morgan fingerprint density at radius 1 is 0.292 bits per heavy atom. The summed E-state index contributed by atoms with van der Waals surface area (Å²) in [4.78, 5) is 38.1. The maximum absolute atomic E-state index is 12.8. The number of esters is 3. The Morgan fingerprint density at radius 2 is 0.508 bits per heavy atom. The molecule has 1 atom stereocenters. The van der Waals surface area contributed by atoms with Crippen LogP contribution in [-0.4, -0.2) is 37.2 Å². The molecule has 0 heterocycles. The van der Waals surface area contributed by atoms with E-state index in [2.05, 4.69) is 32.9 Å². The number of rotatable bonds is 54. The topological polar surface area (TPSA) is 78.9 Å². The third-order valence-electron chi connectivity index (χ3n) is 13.3. The summed E-state index contributed by atoms with van der Waals surface area (Å²) in [6.45, 7) is 6.69. The molecule has 0 aromatic rings. The van der Waals surface area contributed by atoms with Crippen LogP contribution in [0.2, 0.25) is 0 Å². The van der Waals surface area contributed by atoms with Gasteiger partial charge >= 0.3 is 17.9 Å². The molecule has 0 aromatic carbocycles. The predicted molar refractivity (Wildman–Crippen MR) is 280 cm³/mol. The van der Waals surface area contributed by atoms with Gasteiger partial charge in [-0.3, -0.25) is 14.4 Å². The van der Waals surface area contributed by atoms with E-state index in [1.807, 2.05) is 0 Å². The van der Waals surface area contributed by atoms with Gasteiger partial charge in [0.05, 0.1) is 0 Å². The van der Waals surface area contributed by atoms with Crippen molar-refractivity contribution in [2.75, 3.05) is 13.2 Å². The van der Waals surface area contributed by atoms with E-state index >= 15 is 0 Å². The maximum Gasteiger partial charge on any atom is 0.306 e. The summed E-state index contributed by atoms with van der Waals surface area (Å²) in [5.74, 6) is -0.850. The van der Waals surface area contributed by atoms with E-state index in [0.717, 1.165) is 64.2 Å². The van der Waals surface area contributed by atoms with Crippen LogP contribution >= 0.6 is 0 Å². The second-order valence-electron chi connectivity index (χ2n) is 19.9. The van der Waals surface area contributed by atoms with E-state index in [0.29, 0.717) is 19.3 Å². The average Bonchev–Trinajstić information content (AvgIpc) is 3.30. The summed E-state index contributed by atoms with van der Waals surface area (Å²) < 4.78 is 16.9. The van der Waals surface area contributed by atoms with Gasteiger partial charge in [-0.15, -0.1) is 0 Å². The van der Waals surface area contributed by atoms with Crippen molar-refractivity contribution in [1.82, 2.24) is 0 Å². The first-order valence-electron chi connectivity index (χ1n) is 29.2. The first-order chi connectivity index (χ1) is 32.0. The minimum atomic E-state index is -0.767. The second-order valence-corrected chi connectivity index (χ2v) is 19.9. The van der Waals surface area contributed by atoms with Gasteiger partial charge in [-0.1, -0.05) is 277 Å². The van der Waals surface area contributed by atoms with Crippen molar-refractivity contribution in [2.45, 2.75) is 335 Å². The van der Waals surface area contributed by atoms with Gasteiger partial charge < -0.3 is 14.2 Å². The molecule has 0 unspecified atom stereocenters. The van der Waals surface area contributed by atoms with Crippen molar-refractivity contribution in [2.24, 2.45) is 0 Å². The molecule has 6 heteroatoms. The third kappa shape index (κ3) is 53.0. The zero-order chi connectivity index (χ0) is 47.2. The van der Waals surface area contributed by atoms with E-state index in [9.17, 15) is 14.4 Å².